The van der Waals surface area contributed by atoms with E-state index in [2.05, 4.69) is 18.7 Å². The largest absolute Gasteiger partial charge is 0.363 e. The second-order valence-corrected chi connectivity index (χ2v) is 17.7. The van der Waals surface area contributed by atoms with Gasteiger partial charge in [-0.15, -0.1) is 5.06 Å². The predicted molar refractivity (Wildman–Crippen MR) is 236 cm³/mol. The Hall–Kier alpha value is -4.82. The minimum atomic E-state index is -1.99. The number of hydrogen-bond donors (Lipinski definition) is 3. The van der Waals surface area contributed by atoms with E-state index in [9.17, 15) is 37.0 Å². The van der Waals surface area contributed by atoms with Crippen molar-refractivity contribution in [2.45, 2.75) is 62.9 Å². The van der Waals surface area contributed by atoms with Crippen LogP contribution >= 0.6 is 24.1 Å². The summed E-state index contributed by atoms with van der Waals surface area (Å²) in [7, 11) is 2.99. The van der Waals surface area contributed by atoms with Crippen LogP contribution in [0.5, 0.6) is 0 Å². The molecule has 0 aromatic heterocycles. The number of benzene rings is 2. The van der Waals surface area contributed by atoms with Crippen molar-refractivity contribution in [2.75, 3.05) is 43.7 Å². The van der Waals surface area contributed by atoms with Gasteiger partial charge in [-0.25, -0.2) is 14.1 Å². The van der Waals surface area contributed by atoms with Crippen molar-refractivity contribution < 1.29 is 46.7 Å². The molecule has 3 atom stereocenters. The van der Waals surface area contributed by atoms with Gasteiger partial charge < -0.3 is 28.3 Å². The number of nitrogens with zero attached hydrogens (tertiary/aromatic N) is 5. The minimum Gasteiger partial charge on any atom is -0.352 e. The van der Waals surface area contributed by atoms with E-state index >= 15 is 0 Å². The average Bonchev–Trinajstić information content (AvgIpc) is 3.80. The molecule has 4 aliphatic heterocycles. The van der Waals surface area contributed by atoms with E-state index < -0.39 is 39.7 Å². The minimum absolute atomic E-state index is 0.0209. The fraction of sp³-hybridized carbons (Fsp3) is 0.372. The average molecular weight is 892 g/mol. The third kappa shape index (κ3) is 9.50. The standard InChI is InChI=1S/C43H49N5O10S3/c1-42(2)33-25-29(40(51)45(4)57-5)27-46(21-9-23-59-53)39(33)44-35(42)11-7-6-8-12-36-43(3,32-26-31(60-54)17-18-34(32)47(36)22-10-24-61(55)56)30-15-13-28(14-16-30)41(52)58-48-37(49)19-20-38(48)50/h6-8,11-18,25-27,39,53-54H,9-10,19-24H2,1-5H3,(H,55,56)/b8-6+,11-7+,36-12+. The van der Waals surface area contributed by atoms with Crippen LogP contribution in [0.2, 0.25) is 0 Å². The first-order valence-electron chi connectivity index (χ1n) is 19.6. The SMILES string of the molecule is CON(C)C(=O)C1=CN(CCCSO)C2N=C(/C=C/C=C/C=C3/N(CCCS(=O)O)c4ccc(SO)cc4C3(C)c3ccc(C(=O)ON4C(=O)CCC4=O)cc3)C(C)(C)C2=C1. The Balaban J connectivity index is 1.33. The molecule has 0 bridgehead atoms. The quantitative estimate of drug-likeness (QED) is 0.0377. The van der Waals surface area contributed by atoms with E-state index in [-0.39, 0.29) is 36.2 Å². The van der Waals surface area contributed by atoms with Crippen LogP contribution in [-0.4, -0.2) is 107 Å². The summed E-state index contributed by atoms with van der Waals surface area (Å²) in [5.41, 5.74) is 4.31. The van der Waals surface area contributed by atoms with Crippen molar-refractivity contribution in [1.29, 1.82) is 0 Å². The second-order valence-electron chi connectivity index (χ2n) is 15.4. The zero-order valence-electron chi connectivity index (χ0n) is 34.5. The first-order chi connectivity index (χ1) is 29.1. The Labute approximate surface area is 366 Å². The maximum Gasteiger partial charge on any atom is 0.363 e. The Morgan fingerprint density at radius 2 is 1.74 bits per heavy atom. The molecule has 3 amide bonds. The van der Waals surface area contributed by atoms with Crippen molar-refractivity contribution in [3.05, 3.63) is 119 Å². The molecule has 4 aliphatic rings. The number of hydroxylamine groups is 4. The summed E-state index contributed by atoms with van der Waals surface area (Å²) in [4.78, 5) is 70.5. The Kier molecular flexibility index (Phi) is 14.6. The summed E-state index contributed by atoms with van der Waals surface area (Å²) in [6, 6.07) is 12.3. The summed E-state index contributed by atoms with van der Waals surface area (Å²) < 4.78 is 40.8. The number of anilines is 1. The fourth-order valence-electron chi connectivity index (χ4n) is 7.91. The topological polar surface area (TPSA) is 190 Å². The summed E-state index contributed by atoms with van der Waals surface area (Å²) in [5.74, 6) is -1.69. The highest BCUT2D eigenvalue weighted by atomic mass is 32.2. The molecule has 324 valence electrons. The lowest BCUT2D eigenvalue weighted by Crippen LogP contribution is -2.38. The maximum absolute atomic E-state index is 13.2. The molecule has 0 saturated carbocycles. The van der Waals surface area contributed by atoms with Crippen molar-refractivity contribution in [3.8, 4) is 0 Å². The number of carbonyl (C=O) groups is 4. The molecule has 0 radical (unpaired) electrons. The molecule has 6 rings (SSSR count). The van der Waals surface area contributed by atoms with Gasteiger partial charge in [-0.3, -0.25) is 24.2 Å². The highest BCUT2D eigenvalue weighted by molar-refractivity contribution is 7.94. The van der Waals surface area contributed by atoms with Crippen LogP contribution < -0.4 is 4.90 Å². The maximum atomic E-state index is 13.2. The molecule has 1 fully saturated rings. The van der Waals surface area contributed by atoms with Gasteiger partial charge in [-0.2, -0.15) is 0 Å². The molecule has 2 aromatic rings. The molecule has 15 nitrogen and oxygen atoms in total. The number of carbonyl (C=O) groups excluding carboxylic acids is 4. The highest BCUT2D eigenvalue weighted by Crippen LogP contribution is 2.53. The van der Waals surface area contributed by atoms with Gasteiger partial charge in [0.15, 0.2) is 11.1 Å². The van der Waals surface area contributed by atoms with Crippen molar-refractivity contribution >= 4 is 70.3 Å². The van der Waals surface area contributed by atoms with E-state index in [0.29, 0.717) is 59.3 Å². The Morgan fingerprint density at radius 1 is 1.02 bits per heavy atom. The number of aliphatic imine (C=N–C) groups is 1. The smallest absolute Gasteiger partial charge is 0.352 e. The second kappa shape index (κ2) is 19.5. The molecular formula is C43H49N5O10S3. The lowest BCUT2D eigenvalue weighted by Gasteiger charge is -2.34. The molecule has 3 unspecified atom stereocenters. The molecule has 0 aliphatic carbocycles. The molecular weight excluding hydrogens is 843 g/mol. The highest BCUT2D eigenvalue weighted by Gasteiger charge is 2.46. The Bertz CT molecular complexity index is 2250. The fourth-order valence-corrected chi connectivity index (χ4v) is 8.84. The van der Waals surface area contributed by atoms with E-state index in [4.69, 9.17) is 14.7 Å². The van der Waals surface area contributed by atoms with E-state index in [1.165, 1.54) is 12.2 Å². The van der Waals surface area contributed by atoms with Gasteiger partial charge in [0.1, 0.15) is 6.17 Å². The first-order valence-corrected chi connectivity index (χ1v) is 22.6. The molecule has 3 N–H and O–H groups in total. The number of allylic oxidation sites excluding steroid dienone is 6. The van der Waals surface area contributed by atoms with E-state index in [1.54, 1.807) is 43.6 Å². The van der Waals surface area contributed by atoms with Gasteiger partial charge in [0.2, 0.25) is 0 Å². The summed E-state index contributed by atoms with van der Waals surface area (Å²) >= 11 is -0.600. The van der Waals surface area contributed by atoms with Gasteiger partial charge in [0.25, 0.3) is 17.7 Å². The molecule has 1 saturated heterocycles. The van der Waals surface area contributed by atoms with Crippen LogP contribution in [0, 0.1) is 5.41 Å². The number of amides is 3. The van der Waals surface area contributed by atoms with Crippen LogP contribution in [0.3, 0.4) is 0 Å². The van der Waals surface area contributed by atoms with E-state index in [0.717, 1.165) is 45.8 Å². The van der Waals surface area contributed by atoms with Gasteiger partial charge in [-0.1, -0.05) is 44.2 Å². The third-order valence-corrected chi connectivity index (χ3v) is 12.9. The van der Waals surface area contributed by atoms with Crippen molar-refractivity contribution in [3.63, 3.8) is 0 Å². The number of fused-ring (bicyclic) bond motifs is 2. The molecule has 4 heterocycles. The van der Waals surface area contributed by atoms with E-state index in [1.807, 2.05) is 60.4 Å². The van der Waals surface area contributed by atoms with Crippen molar-refractivity contribution in [2.24, 2.45) is 10.4 Å². The van der Waals surface area contributed by atoms with Gasteiger partial charge in [0, 0.05) is 84.4 Å². The van der Waals surface area contributed by atoms with Crippen LogP contribution in [0.15, 0.2) is 112 Å². The lowest BCUT2D eigenvalue weighted by molar-refractivity contribution is -0.172. The summed E-state index contributed by atoms with van der Waals surface area (Å²) in [6.45, 7) is 7.14. The van der Waals surface area contributed by atoms with Crippen molar-refractivity contribution in [1.82, 2.24) is 15.0 Å². The normalized spacial score (nSPS) is 21.9. The molecule has 61 heavy (non-hydrogen) atoms. The number of rotatable bonds is 17. The van der Waals surface area contributed by atoms with Crippen LogP contribution in [0.25, 0.3) is 0 Å². The predicted octanol–water partition coefficient (Wildman–Crippen LogP) is 6.76. The Morgan fingerprint density at radius 3 is 2.39 bits per heavy atom. The monoisotopic (exact) mass is 891 g/mol. The number of hydrogen-bond acceptors (Lipinski definition) is 14. The van der Waals surface area contributed by atoms with Gasteiger partial charge in [-0.05, 0) is 97.1 Å². The molecule has 2 aromatic carbocycles. The zero-order valence-corrected chi connectivity index (χ0v) is 36.9. The first kappa shape index (κ1) is 45.7. The van der Waals surface area contributed by atoms with Gasteiger partial charge in [0.05, 0.1) is 29.4 Å². The zero-order chi connectivity index (χ0) is 44.1. The third-order valence-electron chi connectivity index (χ3n) is 11.3. The van der Waals surface area contributed by atoms with Gasteiger partial charge >= 0.3 is 5.97 Å². The van der Waals surface area contributed by atoms with Crippen LogP contribution in [0.4, 0.5) is 5.69 Å². The number of imide groups is 1. The van der Waals surface area contributed by atoms with Crippen LogP contribution in [0.1, 0.15) is 67.9 Å². The summed E-state index contributed by atoms with van der Waals surface area (Å²) in [6.07, 6.45) is 14.0. The molecule has 18 heteroatoms. The molecule has 0 spiro atoms. The summed E-state index contributed by atoms with van der Waals surface area (Å²) in [5, 5.41) is 1.69. The lowest BCUT2D eigenvalue weighted by atomic mass is 9.75. The number of likely N-dealkylation sites (N-methyl/N-ethyl adjacent to an activating group) is 1. The van der Waals surface area contributed by atoms with Crippen LogP contribution in [-0.2, 0) is 40.6 Å².